The predicted octanol–water partition coefficient (Wildman–Crippen LogP) is 0.537. The zero-order valence-corrected chi connectivity index (χ0v) is 16.4. The third-order valence-corrected chi connectivity index (χ3v) is 5.24. The number of hydrogen-bond donors (Lipinski definition) is 2. The average Bonchev–Trinajstić information content (AvgIpc) is 2.73. The van der Waals surface area contributed by atoms with Crippen LogP contribution in [0.2, 0.25) is 0 Å². The lowest BCUT2D eigenvalue weighted by atomic mass is 9.94. The van der Waals surface area contributed by atoms with Gasteiger partial charge in [0.1, 0.15) is 12.3 Å². The number of carbonyl (C=O) groups excluding carboxylic acids is 2. The molecular formula is C22H27N2O4+. The monoisotopic (exact) mass is 383 g/mol. The van der Waals surface area contributed by atoms with Crippen LogP contribution in [0.1, 0.15) is 16.7 Å². The molecule has 2 N–H and O–H groups in total. The van der Waals surface area contributed by atoms with Crippen molar-refractivity contribution in [3.8, 4) is 5.75 Å². The summed E-state index contributed by atoms with van der Waals surface area (Å²) in [5, 5.41) is 2.96. The Morgan fingerprint density at radius 1 is 1.07 bits per heavy atom. The molecule has 2 aromatic carbocycles. The molecule has 0 fully saturated rings. The number of fused-ring (bicyclic) bond motifs is 1. The van der Waals surface area contributed by atoms with Crippen molar-refractivity contribution in [1.29, 1.82) is 0 Å². The van der Waals surface area contributed by atoms with Crippen molar-refractivity contribution in [2.45, 2.75) is 25.4 Å². The Morgan fingerprint density at radius 2 is 1.79 bits per heavy atom. The summed E-state index contributed by atoms with van der Waals surface area (Å²) in [6, 6.07) is 15.5. The molecule has 3 rings (SSSR count). The van der Waals surface area contributed by atoms with Gasteiger partial charge in [-0.15, -0.1) is 0 Å². The number of quaternary nitrogens is 1. The summed E-state index contributed by atoms with van der Waals surface area (Å²) in [5.74, 6) is 0.477. The first-order chi connectivity index (χ1) is 13.6. The number of esters is 1. The molecule has 0 saturated carbocycles. The molecule has 1 amide bonds. The maximum Gasteiger partial charge on any atom is 0.365 e. The summed E-state index contributed by atoms with van der Waals surface area (Å²) in [7, 11) is 3.04. The molecule has 6 nitrogen and oxygen atoms in total. The van der Waals surface area contributed by atoms with Crippen LogP contribution in [0.3, 0.4) is 0 Å². The number of amides is 1. The summed E-state index contributed by atoms with van der Waals surface area (Å²) in [6.45, 7) is 1.39. The van der Waals surface area contributed by atoms with Crippen molar-refractivity contribution >= 4 is 11.9 Å². The van der Waals surface area contributed by atoms with Gasteiger partial charge in [-0.05, 0) is 23.6 Å². The number of benzene rings is 2. The second-order valence-electron chi connectivity index (χ2n) is 6.97. The van der Waals surface area contributed by atoms with Gasteiger partial charge in [0.05, 0.1) is 14.2 Å². The van der Waals surface area contributed by atoms with E-state index in [2.05, 4.69) is 11.4 Å². The van der Waals surface area contributed by atoms with Crippen molar-refractivity contribution < 1.29 is 24.0 Å². The summed E-state index contributed by atoms with van der Waals surface area (Å²) in [6.07, 6.45) is 1.28. The molecule has 2 atom stereocenters. The van der Waals surface area contributed by atoms with E-state index < -0.39 is 0 Å². The number of hydrogen-bond acceptors (Lipinski definition) is 4. The number of nitrogens with one attached hydrogen (secondary N) is 2. The standard InChI is InChI=1S/C22H26N2O4/c1-27-20-10-6-5-7-16(20)11-12-23-21(25)15-24-14-18-9-4-3-8-17(18)13-19(24)22(26)28-2/h3-10,19H,11-15H2,1-2H3,(H,23,25)/p+1/t19-/m0/s1. The van der Waals surface area contributed by atoms with Gasteiger partial charge < -0.3 is 19.7 Å². The van der Waals surface area contributed by atoms with Crippen LogP contribution in [0.4, 0.5) is 0 Å². The minimum Gasteiger partial charge on any atom is -0.496 e. The van der Waals surface area contributed by atoms with E-state index in [-0.39, 0.29) is 24.5 Å². The second kappa shape index (κ2) is 9.37. The van der Waals surface area contributed by atoms with E-state index in [1.165, 1.54) is 12.7 Å². The van der Waals surface area contributed by atoms with Crippen LogP contribution in [0.15, 0.2) is 48.5 Å². The van der Waals surface area contributed by atoms with Crippen molar-refractivity contribution in [2.24, 2.45) is 0 Å². The smallest absolute Gasteiger partial charge is 0.365 e. The first kappa shape index (κ1) is 19.9. The van der Waals surface area contributed by atoms with E-state index >= 15 is 0 Å². The number of carbonyl (C=O) groups is 2. The van der Waals surface area contributed by atoms with Crippen LogP contribution in [-0.2, 0) is 33.7 Å². The van der Waals surface area contributed by atoms with E-state index in [1.54, 1.807) is 7.11 Å². The minimum atomic E-state index is -0.361. The Kier molecular flexibility index (Phi) is 6.66. The van der Waals surface area contributed by atoms with Crippen LogP contribution in [0.5, 0.6) is 5.75 Å². The molecule has 148 valence electrons. The highest BCUT2D eigenvalue weighted by Gasteiger charge is 2.36. The van der Waals surface area contributed by atoms with Gasteiger partial charge in [-0.25, -0.2) is 4.79 Å². The average molecular weight is 383 g/mol. The molecule has 0 bridgehead atoms. The van der Waals surface area contributed by atoms with Crippen molar-refractivity contribution in [3.05, 3.63) is 65.2 Å². The molecular weight excluding hydrogens is 356 g/mol. The van der Waals surface area contributed by atoms with Crippen molar-refractivity contribution in [2.75, 3.05) is 27.3 Å². The van der Waals surface area contributed by atoms with E-state index in [0.29, 0.717) is 25.9 Å². The van der Waals surface area contributed by atoms with Crippen LogP contribution in [0.25, 0.3) is 0 Å². The molecule has 1 aliphatic rings. The fraction of sp³-hybridized carbons (Fsp3) is 0.364. The van der Waals surface area contributed by atoms with Crippen LogP contribution in [-0.4, -0.2) is 45.2 Å². The topological polar surface area (TPSA) is 69.1 Å². The number of para-hydroxylation sites is 1. The van der Waals surface area contributed by atoms with E-state index in [1.807, 2.05) is 42.5 Å². The lowest BCUT2D eigenvalue weighted by Gasteiger charge is -2.31. The van der Waals surface area contributed by atoms with Crippen molar-refractivity contribution in [1.82, 2.24) is 5.32 Å². The van der Waals surface area contributed by atoms with Crippen molar-refractivity contribution in [3.63, 3.8) is 0 Å². The Labute approximate surface area is 165 Å². The lowest BCUT2D eigenvalue weighted by Crippen LogP contribution is -3.17. The second-order valence-corrected chi connectivity index (χ2v) is 6.97. The zero-order valence-electron chi connectivity index (χ0n) is 16.4. The largest absolute Gasteiger partial charge is 0.496 e. The highest BCUT2D eigenvalue weighted by atomic mass is 16.5. The lowest BCUT2D eigenvalue weighted by molar-refractivity contribution is -0.924. The van der Waals surface area contributed by atoms with Gasteiger partial charge in [0.25, 0.3) is 5.91 Å². The SMILES string of the molecule is COC(=O)[C@@H]1Cc2ccccc2C[NH+]1CC(=O)NCCc1ccccc1OC. The molecule has 1 heterocycles. The van der Waals surface area contributed by atoms with Gasteiger partial charge in [-0.3, -0.25) is 4.79 Å². The molecule has 0 aromatic heterocycles. The molecule has 6 heteroatoms. The van der Waals surface area contributed by atoms with Gasteiger partial charge >= 0.3 is 5.97 Å². The molecule has 1 unspecified atom stereocenters. The third-order valence-electron chi connectivity index (χ3n) is 5.24. The molecule has 2 aromatic rings. The summed E-state index contributed by atoms with van der Waals surface area (Å²) in [5.41, 5.74) is 3.38. The quantitative estimate of drug-likeness (QED) is 0.685. The Bertz CT molecular complexity index is 837. The van der Waals surface area contributed by atoms with Gasteiger partial charge in [-0.2, -0.15) is 0 Å². The molecule has 0 saturated heterocycles. The summed E-state index contributed by atoms with van der Waals surface area (Å²) < 4.78 is 10.3. The predicted molar refractivity (Wildman–Crippen MR) is 105 cm³/mol. The Balaban J connectivity index is 1.59. The normalized spacial score (nSPS) is 18.1. The Hall–Kier alpha value is -2.86. The molecule has 28 heavy (non-hydrogen) atoms. The van der Waals surface area contributed by atoms with E-state index in [9.17, 15) is 9.59 Å². The fourth-order valence-electron chi connectivity index (χ4n) is 3.75. The third kappa shape index (κ3) is 4.70. The molecule has 0 spiro atoms. The number of ether oxygens (including phenoxy) is 2. The Morgan fingerprint density at radius 3 is 2.54 bits per heavy atom. The molecule has 0 aliphatic carbocycles. The van der Waals surface area contributed by atoms with Gasteiger partial charge in [0.2, 0.25) is 0 Å². The minimum absolute atomic E-state index is 0.0711. The highest BCUT2D eigenvalue weighted by molar-refractivity contribution is 5.78. The first-order valence-corrected chi connectivity index (χ1v) is 9.50. The highest BCUT2D eigenvalue weighted by Crippen LogP contribution is 2.17. The van der Waals surface area contributed by atoms with Crippen LogP contribution in [0, 0.1) is 0 Å². The van der Waals surface area contributed by atoms with Gasteiger partial charge in [-0.1, -0.05) is 42.5 Å². The first-order valence-electron chi connectivity index (χ1n) is 9.50. The van der Waals surface area contributed by atoms with E-state index in [0.717, 1.165) is 21.8 Å². The fourth-order valence-corrected chi connectivity index (χ4v) is 3.75. The van der Waals surface area contributed by atoms with E-state index in [4.69, 9.17) is 9.47 Å². The summed E-state index contributed by atoms with van der Waals surface area (Å²) in [4.78, 5) is 25.7. The maximum absolute atomic E-state index is 12.5. The van der Waals surface area contributed by atoms with Gasteiger partial charge in [0, 0.05) is 18.5 Å². The van der Waals surface area contributed by atoms with Crippen LogP contribution >= 0.6 is 0 Å². The maximum atomic E-state index is 12.5. The molecule has 1 aliphatic heterocycles. The summed E-state index contributed by atoms with van der Waals surface area (Å²) >= 11 is 0. The molecule has 0 radical (unpaired) electrons. The number of rotatable bonds is 7. The zero-order chi connectivity index (χ0) is 19.9. The van der Waals surface area contributed by atoms with Gasteiger partial charge in [0.15, 0.2) is 12.6 Å². The van der Waals surface area contributed by atoms with Crippen LogP contribution < -0.4 is 15.0 Å². The number of methoxy groups -OCH3 is 2.